The minimum atomic E-state index is 0.00538. The molecule has 0 fully saturated rings. The van der Waals surface area contributed by atoms with E-state index in [2.05, 4.69) is 5.32 Å². The molecule has 1 N–H and O–H groups in total. The zero-order valence-electron chi connectivity index (χ0n) is 10.2. The second-order valence-electron chi connectivity index (χ2n) is 4.35. The molecule has 2 heteroatoms. The highest BCUT2D eigenvalue weighted by Crippen LogP contribution is 2.21. The topological polar surface area (TPSA) is 29.1 Å². The van der Waals surface area contributed by atoms with Gasteiger partial charge in [-0.2, -0.15) is 0 Å². The number of benzene rings is 2. The zero-order valence-corrected chi connectivity index (χ0v) is 10.2. The molecule has 0 aliphatic carbocycles. The van der Waals surface area contributed by atoms with E-state index in [1.54, 1.807) is 0 Å². The van der Waals surface area contributed by atoms with Gasteiger partial charge in [0.2, 0.25) is 0 Å². The molecule has 0 saturated carbocycles. The maximum Gasteiger partial charge on any atom is 0.167 e. The van der Waals surface area contributed by atoms with Gasteiger partial charge in [-0.05, 0) is 17.8 Å². The van der Waals surface area contributed by atoms with Crippen molar-refractivity contribution in [2.45, 2.75) is 6.92 Å². The fourth-order valence-electron chi connectivity index (χ4n) is 2.10. The van der Waals surface area contributed by atoms with Crippen LogP contribution in [0.25, 0.3) is 10.8 Å². The van der Waals surface area contributed by atoms with Gasteiger partial charge in [-0.25, -0.2) is 0 Å². The average molecular weight is 227 g/mol. The zero-order chi connectivity index (χ0) is 12.3. The van der Waals surface area contributed by atoms with Crippen molar-refractivity contribution in [3.63, 3.8) is 0 Å². The third kappa shape index (κ3) is 2.37. The molecule has 0 amide bonds. The van der Waals surface area contributed by atoms with E-state index in [-0.39, 0.29) is 11.7 Å². The Bertz CT molecular complexity index is 528. The van der Waals surface area contributed by atoms with Gasteiger partial charge < -0.3 is 5.32 Å². The second-order valence-corrected chi connectivity index (χ2v) is 4.35. The number of ketones is 1. The lowest BCUT2D eigenvalue weighted by Gasteiger charge is -2.11. The maximum absolute atomic E-state index is 12.3. The monoisotopic (exact) mass is 227 g/mol. The highest BCUT2D eigenvalue weighted by molar-refractivity contribution is 6.09. The summed E-state index contributed by atoms with van der Waals surface area (Å²) in [6, 6.07) is 13.9. The number of nitrogens with one attached hydrogen (secondary N) is 1. The number of Topliss-reactive ketones (excluding diaryl/α,β-unsaturated/α-hetero) is 1. The predicted molar refractivity (Wildman–Crippen MR) is 71.4 cm³/mol. The largest absolute Gasteiger partial charge is 0.319 e. The van der Waals surface area contributed by atoms with Gasteiger partial charge in [0.05, 0.1) is 0 Å². The molecule has 17 heavy (non-hydrogen) atoms. The molecule has 0 heterocycles. The Hall–Kier alpha value is -1.67. The van der Waals surface area contributed by atoms with Crippen LogP contribution in [0, 0.1) is 5.92 Å². The third-order valence-electron chi connectivity index (χ3n) is 3.01. The van der Waals surface area contributed by atoms with Crippen LogP contribution in [0.1, 0.15) is 17.3 Å². The van der Waals surface area contributed by atoms with Gasteiger partial charge in [-0.15, -0.1) is 0 Å². The summed E-state index contributed by atoms with van der Waals surface area (Å²) in [6.07, 6.45) is 0. The van der Waals surface area contributed by atoms with Crippen LogP contribution < -0.4 is 5.32 Å². The SMILES string of the molecule is CNCC(C)C(=O)c1cccc2ccccc12. The first-order chi connectivity index (χ1) is 8.24. The first-order valence-corrected chi connectivity index (χ1v) is 5.90. The van der Waals surface area contributed by atoms with Gasteiger partial charge in [-0.3, -0.25) is 4.79 Å². The van der Waals surface area contributed by atoms with E-state index in [4.69, 9.17) is 0 Å². The Morgan fingerprint density at radius 3 is 2.65 bits per heavy atom. The fourth-order valence-corrected chi connectivity index (χ4v) is 2.10. The molecule has 1 atom stereocenters. The Morgan fingerprint density at radius 2 is 1.88 bits per heavy atom. The standard InChI is InChI=1S/C15H17NO/c1-11(10-16-2)15(17)14-9-5-7-12-6-3-4-8-13(12)14/h3-9,11,16H,10H2,1-2H3. The molecule has 2 rings (SSSR count). The van der Waals surface area contributed by atoms with Crippen LogP contribution in [0.3, 0.4) is 0 Å². The molecule has 0 aliphatic heterocycles. The molecule has 88 valence electrons. The third-order valence-corrected chi connectivity index (χ3v) is 3.01. The van der Waals surface area contributed by atoms with Crippen molar-refractivity contribution in [2.75, 3.05) is 13.6 Å². The van der Waals surface area contributed by atoms with Crippen LogP contribution in [0.5, 0.6) is 0 Å². The second kappa shape index (κ2) is 5.11. The van der Waals surface area contributed by atoms with E-state index in [9.17, 15) is 4.79 Å². The summed E-state index contributed by atoms with van der Waals surface area (Å²) in [6.45, 7) is 2.67. The lowest BCUT2D eigenvalue weighted by atomic mass is 9.94. The minimum absolute atomic E-state index is 0.00538. The Labute approximate surface area is 102 Å². The fraction of sp³-hybridized carbons (Fsp3) is 0.267. The summed E-state index contributed by atoms with van der Waals surface area (Å²) in [5.74, 6) is 0.210. The highest BCUT2D eigenvalue weighted by Gasteiger charge is 2.16. The van der Waals surface area contributed by atoms with Crippen LogP contribution in [0.15, 0.2) is 42.5 Å². The summed E-state index contributed by atoms with van der Waals surface area (Å²) >= 11 is 0. The summed E-state index contributed by atoms with van der Waals surface area (Å²) in [4.78, 5) is 12.3. The van der Waals surface area contributed by atoms with Crippen molar-refractivity contribution in [2.24, 2.45) is 5.92 Å². The van der Waals surface area contributed by atoms with Crippen LogP contribution in [-0.2, 0) is 0 Å². The van der Waals surface area contributed by atoms with Crippen molar-refractivity contribution < 1.29 is 4.79 Å². The summed E-state index contributed by atoms with van der Waals surface area (Å²) in [5.41, 5.74) is 0.825. The number of carbonyl (C=O) groups is 1. The number of hydrogen-bond donors (Lipinski definition) is 1. The minimum Gasteiger partial charge on any atom is -0.319 e. The molecule has 0 spiro atoms. The normalized spacial score (nSPS) is 12.6. The molecule has 0 aromatic heterocycles. The lowest BCUT2D eigenvalue weighted by Crippen LogP contribution is -2.23. The lowest BCUT2D eigenvalue weighted by molar-refractivity contribution is 0.0932. The van der Waals surface area contributed by atoms with Crippen molar-refractivity contribution in [3.05, 3.63) is 48.0 Å². The number of hydrogen-bond acceptors (Lipinski definition) is 2. The van der Waals surface area contributed by atoms with Crippen molar-refractivity contribution in [3.8, 4) is 0 Å². The molecule has 0 saturated heterocycles. The van der Waals surface area contributed by atoms with E-state index in [1.807, 2.05) is 56.4 Å². The summed E-state index contributed by atoms with van der Waals surface area (Å²) < 4.78 is 0. The van der Waals surface area contributed by atoms with E-state index >= 15 is 0 Å². The van der Waals surface area contributed by atoms with E-state index < -0.39 is 0 Å². The molecular formula is C15H17NO. The van der Waals surface area contributed by atoms with Gasteiger partial charge in [0.1, 0.15) is 0 Å². The van der Waals surface area contributed by atoms with Crippen molar-refractivity contribution >= 4 is 16.6 Å². The Kier molecular flexibility index (Phi) is 3.55. The first-order valence-electron chi connectivity index (χ1n) is 5.90. The van der Waals surface area contributed by atoms with E-state index in [0.29, 0.717) is 6.54 Å². The Balaban J connectivity index is 2.45. The quantitative estimate of drug-likeness (QED) is 0.814. The van der Waals surface area contributed by atoms with Crippen molar-refractivity contribution in [1.82, 2.24) is 5.32 Å². The maximum atomic E-state index is 12.3. The molecule has 0 bridgehead atoms. The molecule has 2 aromatic rings. The van der Waals surface area contributed by atoms with Crippen LogP contribution in [-0.4, -0.2) is 19.4 Å². The van der Waals surface area contributed by atoms with Gasteiger partial charge in [0.25, 0.3) is 0 Å². The van der Waals surface area contributed by atoms with Crippen LogP contribution in [0.2, 0.25) is 0 Å². The molecule has 1 unspecified atom stereocenters. The summed E-state index contributed by atoms with van der Waals surface area (Å²) in [7, 11) is 1.87. The van der Waals surface area contributed by atoms with Gasteiger partial charge in [-0.1, -0.05) is 49.4 Å². The van der Waals surface area contributed by atoms with Crippen LogP contribution >= 0.6 is 0 Å². The molecule has 2 nitrogen and oxygen atoms in total. The number of rotatable bonds is 4. The highest BCUT2D eigenvalue weighted by atomic mass is 16.1. The molecule has 2 aromatic carbocycles. The van der Waals surface area contributed by atoms with E-state index in [1.165, 1.54) is 0 Å². The number of carbonyl (C=O) groups excluding carboxylic acids is 1. The first kappa shape index (κ1) is 11.8. The van der Waals surface area contributed by atoms with E-state index in [0.717, 1.165) is 16.3 Å². The molecule has 0 radical (unpaired) electrons. The number of fused-ring (bicyclic) bond motifs is 1. The Morgan fingerprint density at radius 1 is 1.18 bits per heavy atom. The average Bonchev–Trinajstić information content (AvgIpc) is 2.37. The summed E-state index contributed by atoms with van der Waals surface area (Å²) in [5, 5.41) is 5.21. The van der Waals surface area contributed by atoms with Crippen molar-refractivity contribution in [1.29, 1.82) is 0 Å². The molecule has 0 aliphatic rings. The van der Waals surface area contributed by atoms with Crippen LogP contribution in [0.4, 0.5) is 0 Å². The van der Waals surface area contributed by atoms with Gasteiger partial charge >= 0.3 is 0 Å². The molecular weight excluding hydrogens is 210 g/mol. The van der Waals surface area contributed by atoms with Gasteiger partial charge in [0.15, 0.2) is 5.78 Å². The van der Waals surface area contributed by atoms with Gasteiger partial charge in [0, 0.05) is 18.0 Å². The smallest absolute Gasteiger partial charge is 0.167 e. The predicted octanol–water partition coefficient (Wildman–Crippen LogP) is 2.88.